The zero-order valence-corrected chi connectivity index (χ0v) is 14.3. The van der Waals surface area contributed by atoms with Crippen molar-refractivity contribution in [3.8, 4) is 5.75 Å². The van der Waals surface area contributed by atoms with Gasteiger partial charge in [0.2, 0.25) is 0 Å². The van der Waals surface area contributed by atoms with E-state index in [0.717, 1.165) is 22.1 Å². The van der Waals surface area contributed by atoms with E-state index in [9.17, 15) is 4.79 Å². The van der Waals surface area contributed by atoms with Gasteiger partial charge in [0.25, 0.3) is 5.91 Å². The number of carbonyl (C=O) groups is 1. The van der Waals surface area contributed by atoms with Crippen molar-refractivity contribution >= 4 is 28.3 Å². The molecule has 0 fully saturated rings. The van der Waals surface area contributed by atoms with Gasteiger partial charge in [-0.2, -0.15) is 0 Å². The SMILES string of the molecule is COc1ccc(C(=O)NC(C)c2ccc(Cl)cc2)c2ccccc12. The lowest BCUT2D eigenvalue weighted by molar-refractivity contribution is 0.0941. The first kappa shape index (κ1) is 16.3. The highest BCUT2D eigenvalue weighted by atomic mass is 35.5. The van der Waals surface area contributed by atoms with Gasteiger partial charge in [0.1, 0.15) is 5.75 Å². The fourth-order valence-electron chi connectivity index (χ4n) is 2.76. The molecule has 1 atom stereocenters. The number of fused-ring (bicyclic) bond motifs is 1. The number of halogens is 1. The molecular weight excluding hydrogens is 322 g/mol. The number of hydrogen-bond donors (Lipinski definition) is 1. The molecule has 4 heteroatoms. The normalized spacial score (nSPS) is 12.0. The summed E-state index contributed by atoms with van der Waals surface area (Å²) in [6.45, 7) is 1.95. The van der Waals surface area contributed by atoms with Crippen LogP contribution in [0.5, 0.6) is 5.75 Å². The van der Waals surface area contributed by atoms with E-state index >= 15 is 0 Å². The van der Waals surface area contributed by atoms with Crippen LogP contribution in [0.1, 0.15) is 28.9 Å². The molecule has 0 aliphatic carbocycles. The largest absolute Gasteiger partial charge is 0.496 e. The maximum Gasteiger partial charge on any atom is 0.252 e. The summed E-state index contributed by atoms with van der Waals surface area (Å²) in [5, 5.41) is 5.51. The third-order valence-corrected chi connectivity index (χ3v) is 4.32. The Morgan fingerprint density at radius 3 is 2.33 bits per heavy atom. The minimum atomic E-state index is -0.115. The summed E-state index contributed by atoms with van der Waals surface area (Å²) >= 11 is 5.91. The van der Waals surface area contributed by atoms with Crippen molar-refractivity contribution in [1.82, 2.24) is 5.32 Å². The lowest BCUT2D eigenvalue weighted by Crippen LogP contribution is -2.26. The van der Waals surface area contributed by atoms with E-state index in [1.165, 1.54) is 0 Å². The third kappa shape index (κ3) is 3.22. The predicted octanol–water partition coefficient (Wildman–Crippen LogP) is 4.99. The first-order valence-corrected chi connectivity index (χ1v) is 8.10. The van der Waals surface area contributed by atoms with Gasteiger partial charge in [-0.1, -0.05) is 48.0 Å². The van der Waals surface area contributed by atoms with Gasteiger partial charge in [0.05, 0.1) is 13.2 Å². The Kier molecular flexibility index (Phi) is 4.72. The van der Waals surface area contributed by atoms with Crippen LogP contribution in [-0.4, -0.2) is 13.0 Å². The Balaban J connectivity index is 1.90. The quantitative estimate of drug-likeness (QED) is 0.727. The van der Waals surface area contributed by atoms with E-state index in [1.807, 2.05) is 61.5 Å². The third-order valence-electron chi connectivity index (χ3n) is 4.07. The van der Waals surface area contributed by atoms with E-state index in [1.54, 1.807) is 13.2 Å². The number of nitrogens with one attached hydrogen (secondary N) is 1. The van der Waals surface area contributed by atoms with Gasteiger partial charge in [0.15, 0.2) is 0 Å². The summed E-state index contributed by atoms with van der Waals surface area (Å²) in [6.07, 6.45) is 0. The molecular formula is C20H18ClNO2. The van der Waals surface area contributed by atoms with Gasteiger partial charge >= 0.3 is 0 Å². The second-order valence-electron chi connectivity index (χ2n) is 5.61. The summed E-state index contributed by atoms with van der Waals surface area (Å²) in [5.41, 5.74) is 1.64. The second kappa shape index (κ2) is 6.93. The van der Waals surface area contributed by atoms with Gasteiger partial charge in [-0.15, -0.1) is 0 Å². The van der Waals surface area contributed by atoms with Crippen LogP contribution < -0.4 is 10.1 Å². The molecule has 24 heavy (non-hydrogen) atoms. The Morgan fingerprint density at radius 2 is 1.67 bits per heavy atom. The predicted molar refractivity (Wildman–Crippen MR) is 97.8 cm³/mol. The molecule has 1 N–H and O–H groups in total. The van der Waals surface area contributed by atoms with Crippen LogP contribution >= 0.6 is 11.6 Å². The number of amides is 1. The Bertz CT molecular complexity index is 874. The van der Waals surface area contributed by atoms with E-state index in [0.29, 0.717) is 10.6 Å². The maximum atomic E-state index is 12.7. The second-order valence-corrected chi connectivity index (χ2v) is 6.04. The van der Waals surface area contributed by atoms with Gasteiger partial charge in [-0.25, -0.2) is 0 Å². The zero-order valence-electron chi connectivity index (χ0n) is 13.5. The smallest absolute Gasteiger partial charge is 0.252 e. The summed E-state index contributed by atoms with van der Waals surface area (Å²) in [6, 6.07) is 18.7. The zero-order chi connectivity index (χ0) is 17.1. The number of ether oxygens (including phenoxy) is 1. The fourth-order valence-corrected chi connectivity index (χ4v) is 2.88. The summed E-state index contributed by atoms with van der Waals surface area (Å²) < 4.78 is 5.38. The highest BCUT2D eigenvalue weighted by Crippen LogP contribution is 2.28. The lowest BCUT2D eigenvalue weighted by atomic mass is 10.0. The molecule has 1 amide bonds. The molecule has 1 unspecified atom stereocenters. The average Bonchev–Trinajstić information content (AvgIpc) is 2.61. The lowest BCUT2D eigenvalue weighted by Gasteiger charge is -2.16. The van der Waals surface area contributed by atoms with E-state index < -0.39 is 0 Å². The van der Waals surface area contributed by atoms with Crippen LogP contribution in [0.4, 0.5) is 0 Å². The van der Waals surface area contributed by atoms with Crippen LogP contribution in [0.2, 0.25) is 5.02 Å². The summed E-state index contributed by atoms with van der Waals surface area (Å²) in [5.74, 6) is 0.643. The van der Waals surface area contributed by atoms with Crippen molar-refractivity contribution in [1.29, 1.82) is 0 Å². The molecule has 3 rings (SSSR count). The molecule has 0 saturated heterocycles. The number of benzene rings is 3. The van der Waals surface area contributed by atoms with Crippen molar-refractivity contribution in [2.45, 2.75) is 13.0 Å². The average molecular weight is 340 g/mol. The molecule has 3 nitrogen and oxygen atoms in total. The number of carbonyl (C=O) groups excluding carboxylic acids is 1. The van der Waals surface area contributed by atoms with E-state index in [4.69, 9.17) is 16.3 Å². The molecule has 3 aromatic rings. The molecule has 0 aliphatic heterocycles. The number of methoxy groups -OCH3 is 1. The van der Waals surface area contributed by atoms with Crippen LogP contribution in [0, 0.1) is 0 Å². The molecule has 0 bridgehead atoms. The minimum Gasteiger partial charge on any atom is -0.496 e. The Morgan fingerprint density at radius 1 is 1.00 bits per heavy atom. The van der Waals surface area contributed by atoms with E-state index in [2.05, 4.69) is 5.32 Å². The monoisotopic (exact) mass is 339 g/mol. The minimum absolute atomic E-state index is 0.115. The standard InChI is InChI=1S/C20H18ClNO2/c1-13(14-7-9-15(21)10-8-14)22-20(23)18-11-12-19(24-2)17-6-4-3-5-16(17)18/h3-13H,1-2H3,(H,22,23). The molecule has 3 aromatic carbocycles. The molecule has 0 aliphatic rings. The maximum absolute atomic E-state index is 12.7. The molecule has 0 heterocycles. The van der Waals surface area contributed by atoms with Crippen molar-refractivity contribution in [2.75, 3.05) is 7.11 Å². The summed E-state index contributed by atoms with van der Waals surface area (Å²) in [4.78, 5) is 12.7. The fraction of sp³-hybridized carbons (Fsp3) is 0.150. The van der Waals surface area contributed by atoms with Crippen molar-refractivity contribution in [2.24, 2.45) is 0 Å². The van der Waals surface area contributed by atoms with Crippen LogP contribution in [0.3, 0.4) is 0 Å². The molecule has 0 spiro atoms. The topological polar surface area (TPSA) is 38.3 Å². The van der Waals surface area contributed by atoms with Crippen molar-refractivity contribution in [3.05, 3.63) is 76.8 Å². The van der Waals surface area contributed by atoms with Crippen LogP contribution in [-0.2, 0) is 0 Å². The Labute approximate surface area is 146 Å². The highest BCUT2D eigenvalue weighted by molar-refractivity contribution is 6.30. The number of rotatable bonds is 4. The summed E-state index contributed by atoms with van der Waals surface area (Å²) in [7, 11) is 1.63. The van der Waals surface area contributed by atoms with Crippen LogP contribution in [0.15, 0.2) is 60.7 Å². The van der Waals surface area contributed by atoms with Gasteiger partial charge in [-0.3, -0.25) is 4.79 Å². The van der Waals surface area contributed by atoms with Crippen molar-refractivity contribution in [3.63, 3.8) is 0 Å². The van der Waals surface area contributed by atoms with E-state index in [-0.39, 0.29) is 11.9 Å². The molecule has 122 valence electrons. The first-order chi connectivity index (χ1) is 11.6. The molecule has 0 aromatic heterocycles. The Hall–Kier alpha value is -2.52. The molecule has 0 radical (unpaired) electrons. The molecule has 0 saturated carbocycles. The van der Waals surface area contributed by atoms with Crippen molar-refractivity contribution < 1.29 is 9.53 Å². The number of hydrogen-bond acceptors (Lipinski definition) is 2. The van der Waals surface area contributed by atoms with Gasteiger partial charge in [0, 0.05) is 16.0 Å². The first-order valence-electron chi connectivity index (χ1n) is 7.72. The van der Waals surface area contributed by atoms with Gasteiger partial charge < -0.3 is 10.1 Å². The highest BCUT2D eigenvalue weighted by Gasteiger charge is 2.15. The van der Waals surface area contributed by atoms with Crippen LogP contribution in [0.25, 0.3) is 10.8 Å². The van der Waals surface area contributed by atoms with Gasteiger partial charge in [-0.05, 0) is 42.1 Å².